The first-order valence-electron chi connectivity index (χ1n) is 10.2. The molecule has 0 aliphatic carbocycles. The predicted octanol–water partition coefficient (Wildman–Crippen LogP) is 4.91. The molecule has 6 nitrogen and oxygen atoms in total. The lowest BCUT2D eigenvalue weighted by atomic mass is 10.1. The van der Waals surface area contributed by atoms with Crippen LogP contribution < -0.4 is 15.1 Å². The Morgan fingerprint density at radius 2 is 1.69 bits per heavy atom. The van der Waals surface area contributed by atoms with Gasteiger partial charge < -0.3 is 15.1 Å². The van der Waals surface area contributed by atoms with Gasteiger partial charge in [0.2, 0.25) is 5.91 Å². The molecule has 0 aromatic heterocycles. The molecule has 162 valence electrons. The van der Waals surface area contributed by atoms with Crippen LogP contribution in [0.25, 0.3) is 0 Å². The van der Waals surface area contributed by atoms with E-state index in [1.54, 1.807) is 60.5 Å². The Morgan fingerprint density at radius 3 is 2.41 bits per heavy atom. The number of hydrogen-bond donors (Lipinski definition) is 1. The van der Waals surface area contributed by atoms with E-state index in [2.05, 4.69) is 5.32 Å². The maximum absolute atomic E-state index is 13.3. The zero-order valence-corrected chi connectivity index (χ0v) is 18.5. The lowest BCUT2D eigenvalue weighted by molar-refractivity contribution is -0.118. The van der Waals surface area contributed by atoms with E-state index >= 15 is 0 Å². The Balaban J connectivity index is 1.58. The molecule has 0 saturated heterocycles. The lowest BCUT2D eigenvalue weighted by Gasteiger charge is -2.25. The highest BCUT2D eigenvalue weighted by Crippen LogP contribution is 2.38. The largest absolute Gasteiger partial charge is 0.322 e. The van der Waals surface area contributed by atoms with E-state index in [0.717, 1.165) is 5.56 Å². The highest BCUT2D eigenvalue weighted by Gasteiger charge is 2.29. The predicted molar refractivity (Wildman–Crippen MR) is 127 cm³/mol. The lowest BCUT2D eigenvalue weighted by Crippen LogP contribution is -2.32. The van der Waals surface area contributed by atoms with Gasteiger partial charge in [-0.15, -0.1) is 0 Å². The van der Waals surface area contributed by atoms with Crippen molar-refractivity contribution < 1.29 is 14.4 Å². The molecular formula is C25H22ClN3O3. The van der Waals surface area contributed by atoms with Crippen molar-refractivity contribution in [3.8, 4) is 0 Å². The summed E-state index contributed by atoms with van der Waals surface area (Å²) in [6, 6.07) is 19.3. The summed E-state index contributed by atoms with van der Waals surface area (Å²) in [6.07, 6.45) is 0.192. The topological polar surface area (TPSA) is 69.7 Å². The summed E-state index contributed by atoms with van der Waals surface area (Å²) >= 11 is 6.43. The van der Waals surface area contributed by atoms with Crippen molar-refractivity contribution in [2.24, 2.45) is 0 Å². The fourth-order valence-electron chi connectivity index (χ4n) is 3.74. The number of hydrogen-bond acceptors (Lipinski definition) is 3. The molecule has 3 aromatic rings. The Hall–Kier alpha value is -3.64. The monoisotopic (exact) mass is 447 g/mol. The van der Waals surface area contributed by atoms with Crippen LogP contribution in [-0.2, 0) is 4.79 Å². The molecule has 0 radical (unpaired) electrons. The normalized spacial score (nSPS) is 13.4. The van der Waals surface area contributed by atoms with Crippen molar-refractivity contribution in [1.29, 1.82) is 0 Å². The number of para-hydroxylation sites is 1. The second-order valence-corrected chi connectivity index (χ2v) is 8.02. The van der Waals surface area contributed by atoms with E-state index in [1.165, 1.54) is 4.90 Å². The van der Waals surface area contributed by atoms with Crippen molar-refractivity contribution in [1.82, 2.24) is 0 Å². The maximum Gasteiger partial charge on any atom is 0.258 e. The fraction of sp³-hybridized carbons (Fsp3) is 0.160. The smallest absolute Gasteiger partial charge is 0.258 e. The third-order valence-corrected chi connectivity index (χ3v) is 5.85. The van der Waals surface area contributed by atoms with Crippen LogP contribution in [-0.4, -0.2) is 31.3 Å². The summed E-state index contributed by atoms with van der Waals surface area (Å²) in [7, 11) is 1.68. The molecule has 0 spiro atoms. The summed E-state index contributed by atoms with van der Waals surface area (Å²) in [5.41, 5.74) is 3.60. The zero-order chi connectivity index (χ0) is 22.8. The number of amides is 3. The van der Waals surface area contributed by atoms with Gasteiger partial charge in [0, 0.05) is 36.8 Å². The number of nitrogens with zero attached hydrogens (tertiary/aromatic N) is 2. The molecule has 1 aliphatic rings. The van der Waals surface area contributed by atoms with Crippen LogP contribution in [0.2, 0.25) is 5.02 Å². The van der Waals surface area contributed by atoms with Gasteiger partial charge in [0.05, 0.1) is 16.4 Å². The van der Waals surface area contributed by atoms with E-state index in [-0.39, 0.29) is 30.7 Å². The van der Waals surface area contributed by atoms with Crippen molar-refractivity contribution in [3.05, 3.63) is 88.4 Å². The molecule has 1 heterocycles. The van der Waals surface area contributed by atoms with Gasteiger partial charge in [0.25, 0.3) is 11.8 Å². The Labute approximate surface area is 191 Å². The van der Waals surface area contributed by atoms with Crippen molar-refractivity contribution in [2.75, 3.05) is 28.7 Å². The summed E-state index contributed by atoms with van der Waals surface area (Å²) in [4.78, 5) is 41.3. The van der Waals surface area contributed by atoms with Gasteiger partial charge >= 0.3 is 0 Å². The van der Waals surface area contributed by atoms with Crippen LogP contribution in [0.3, 0.4) is 0 Å². The number of anilines is 3. The molecule has 3 aromatic carbocycles. The number of aryl methyl sites for hydroxylation is 1. The van der Waals surface area contributed by atoms with E-state index in [0.29, 0.717) is 33.2 Å². The molecule has 7 heteroatoms. The highest BCUT2D eigenvalue weighted by atomic mass is 35.5. The summed E-state index contributed by atoms with van der Waals surface area (Å²) in [5.74, 6) is -0.561. The minimum Gasteiger partial charge on any atom is -0.322 e. The number of fused-ring (bicyclic) bond motifs is 1. The van der Waals surface area contributed by atoms with E-state index < -0.39 is 0 Å². The fourth-order valence-corrected chi connectivity index (χ4v) is 4.02. The Bertz CT molecular complexity index is 1210. The Morgan fingerprint density at radius 1 is 0.969 bits per heavy atom. The first kappa shape index (κ1) is 21.6. The number of halogens is 1. The SMILES string of the molecule is Cc1ccccc1C(=O)Nc1ccc(C(=O)N2CCC(=O)N(C)c3cccc(Cl)c32)cc1. The van der Waals surface area contributed by atoms with Crippen LogP contribution in [0, 0.1) is 6.92 Å². The van der Waals surface area contributed by atoms with Gasteiger partial charge in [-0.25, -0.2) is 0 Å². The molecule has 1 aliphatic heterocycles. The number of rotatable bonds is 3. The number of benzene rings is 3. The summed E-state index contributed by atoms with van der Waals surface area (Å²) in [6.45, 7) is 2.10. The third kappa shape index (κ3) is 4.09. The molecule has 0 bridgehead atoms. The quantitative estimate of drug-likeness (QED) is 0.620. The van der Waals surface area contributed by atoms with Crippen molar-refractivity contribution >= 4 is 46.4 Å². The highest BCUT2D eigenvalue weighted by molar-refractivity contribution is 6.35. The minimum atomic E-state index is -0.265. The molecule has 1 N–H and O–H groups in total. The van der Waals surface area contributed by atoms with Crippen LogP contribution in [0.5, 0.6) is 0 Å². The second kappa shape index (κ2) is 8.85. The van der Waals surface area contributed by atoms with Gasteiger partial charge in [-0.3, -0.25) is 14.4 Å². The first-order valence-corrected chi connectivity index (χ1v) is 10.6. The van der Waals surface area contributed by atoms with Gasteiger partial charge in [0.15, 0.2) is 0 Å². The second-order valence-electron chi connectivity index (χ2n) is 7.61. The molecule has 3 amide bonds. The van der Waals surface area contributed by atoms with Crippen molar-refractivity contribution in [3.63, 3.8) is 0 Å². The molecule has 0 unspecified atom stereocenters. The molecule has 0 fully saturated rings. The molecule has 0 saturated carbocycles. The van der Waals surface area contributed by atoms with Gasteiger partial charge in [-0.05, 0) is 55.0 Å². The Kier molecular flexibility index (Phi) is 5.97. The standard InChI is InChI=1S/C25H22ClN3O3/c1-16-6-3-4-7-19(16)24(31)27-18-12-10-17(11-13-18)25(32)29-15-14-22(30)28(2)21-9-5-8-20(26)23(21)29/h3-13H,14-15H2,1-2H3,(H,27,31). The van der Waals surface area contributed by atoms with Crippen LogP contribution in [0.1, 0.15) is 32.7 Å². The third-order valence-electron chi connectivity index (χ3n) is 5.54. The molecule has 4 rings (SSSR count). The average Bonchev–Trinajstić information content (AvgIpc) is 2.92. The molecule has 32 heavy (non-hydrogen) atoms. The number of nitrogens with one attached hydrogen (secondary N) is 1. The summed E-state index contributed by atoms with van der Waals surface area (Å²) in [5, 5.41) is 3.26. The zero-order valence-electron chi connectivity index (χ0n) is 17.8. The van der Waals surface area contributed by atoms with Crippen LogP contribution in [0.15, 0.2) is 66.7 Å². The van der Waals surface area contributed by atoms with Crippen molar-refractivity contribution in [2.45, 2.75) is 13.3 Å². The average molecular weight is 448 g/mol. The van der Waals surface area contributed by atoms with E-state index in [4.69, 9.17) is 11.6 Å². The van der Waals surface area contributed by atoms with Crippen LogP contribution >= 0.6 is 11.6 Å². The minimum absolute atomic E-state index is 0.0851. The number of carbonyl (C=O) groups excluding carboxylic acids is 3. The first-order chi connectivity index (χ1) is 15.4. The van der Waals surface area contributed by atoms with Gasteiger partial charge in [-0.2, -0.15) is 0 Å². The summed E-state index contributed by atoms with van der Waals surface area (Å²) < 4.78 is 0. The molecule has 0 atom stereocenters. The van der Waals surface area contributed by atoms with Crippen LogP contribution in [0.4, 0.5) is 17.1 Å². The van der Waals surface area contributed by atoms with Gasteiger partial charge in [0.1, 0.15) is 0 Å². The molecular weight excluding hydrogens is 426 g/mol. The van der Waals surface area contributed by atoms with E-state index in [9.17, 15) is 14.4 Å². The maximum atomic E-state index is 13.3. The van der Waals surface area contributed by atoms with Gasteiger partial charge in [-0.1, -0.05) is 35.9 Å². The van der Waals surface area contributed by atoms with E-state index in [1.807, 2.05) is 25.1 Å². The number of carbonyl (C=O) groups is 3.